The molecule has 0 amide bonds. The van der Waals surface area contributed by atoms with Crippen LogP contribution in [0.3, 0.4) is 0 Å². The van der Waals surface area contributed by atoms with Crippen molar-refractivity contribution in [3.8, 4) is 0 Å². The third kappa shape index (κ3) is 12.9. The van der Waals surface area contributed by atoms with E-state index < -0.39 is 0 Å². The zero-order valence-corrected chi connectivity index (χ0v) is 9.82. The molecule has 2 rings (SSSR count). The molecule has 2 aromatic rings. The van der Waals surface area contributed by atoms with Gasteiger partial charge in [-0.05, 0) is 0 Å². The topological polar surface area (TPSA) is 77.3 Å². The Balaban J connectivity index is -0.000000160. The molecule has 2 heterocycles. The van der Waals surface area contributed by atoms with Crippen molar-refractivity contribution in [2.24, 2.45) is 0 Å². The van der Waals surface area contributed by atoms with Gasteiger partial charge in [-0.2, -0.15) is 0 Å². The molecule has 2 aromatic heterocycles. The first-order valence-corrected chi connectivity index (χ1v) is 3.10. The van der Waals surface area contributed by atoms with Crippen molar-refractivity contribution < 1.29 is 0 Å². The average molecular weight is 272 g/mol. The Morgan fingerprint density at radius 1 is 0.333 bits per heavy atom. The normalized spacial score (nSPS) is 6.40. The first kappa shape index (κ1) is 19.5. The summed E-state index contributed by atoms with van der Waals surface area (Å²) in [5.41, 5.74) is 0. The second-order valence-electron chi connectivity index (χ2n) is 1.59. The van der Waals surface area contributed by atoms with Crippen LogP contribution in [0.1, 0.15) is 0 Å². The summed E-state index contributed by atoms with van der Waals surface area (Å²) in [5.74, 6) is 0. The molecular weight excluding hydrogens is 262 g/mol. The lowest BCUT2D eigenvalue weighted by Crippen LogP contribution is -1.73. The van der Waals surface area contributed by atoms with Gasteiger partial charge in [0.15, 0.2) is 0 Å². The zero-order chi connectivity index (χ0) is 8.49. The fraction of sp³-hybridized carbons (Fsp3) is 0. The van der Waals surface area contributed by atoms with Gasteiger partial charge in [-0.3, -0.25) is 0 Å². The van der Waals surface area contributed by atoms with Gasteiger partial charge in [0, 0.05) is 0 Å². The number of hydrogen-bond acceptors (Lipinski definition) is 6. The van der Waals surface area contributed by atoms with Crippen LogP contribution >= 0.6 is 37.2 Å². The van der Waals surface area contributed by atoms with Gasteiger partial charge in [0.05, 0.1) is 0 Å². The van der Waals surface area contributed by atoms with Crippen molar-refractivity contribution in [1.82, 2.24) is 29.9 Å². The van der Waals surface area contributed by atoms with Gasteiger partial charge in [0.1, 0.15) is 38.0 Å². The third-order valence-electron chi connectivity index (χ3n) is 0.800. The van der Waals surface area contributed by atoms with Crippen LogP contribution in [0.5, 0.6) is 0 Å². The first-order chi connectivity index (χ1) is 6.00. The molecule has 0 fully saturated rings. The molecule has 0 aromatic carbocycles. The average Bonchev–Trinajstić information content (AvgIpc) is 2.24. The van der Waals surface area contributed by atoms with E-state index >= 15 is 0 Å². The standard InChI is InChI=1S/2C3H3N3.3ClH/c2*1-4-2-6-3-5-1;;;/h2*1-3H;3*1H. The monoisotopic (exact) mass is 270 g/mol. The van der Waals surface area contributed by atoms with Crippen molar-refractivity contribution >= 4 is 37.2 Å². The van der Waals surface area contributed by atoms with Crippen LogP contribution in [-0.4, -0.2) is 29.9 Å². The largest absolute Gasteiger partial charge is 0.225 e. The van der Waals surface area contributed by atoms with E-state index in [0.717, 1.165) is 0 Å². The predicted molar refractivity (Wildman–Crippen MR) is 61.4 cm³/mol. The molecule has 0 aliphatic heterocycles. The molecule has 0 aliphatic rings. The second kappa shape index (κ2) is 15.4. The molecule has 0 N–H and O–H groups in total. The number of nitrogens with zero attached hydrogens (tertiary/aromatic N) is 6. The Bertz CT molecular complexity index is 198. The minimum absolute atomic E-state index is 0. The molecular formula is C6H9Cl3N6. The summed E-state index contributed by atoms with van der Waals surface area (Å²) in [6.07, 6.45) is 8.62. The lowest BCUT2D eigenvalue weighted by atomic mass is 11.1. The highest BCUT2D eigenvalue weighted by Crippen LogP contribution is 1.58. The van der Waals surface area contributed by atoms with Crippen LogP contribution in [0, 0.1) is 0 Å². The van der Waals surface area contributed by atoms with Crippen LogP contribution in [0.2, 0.25) is 0 Å². The van der Waals surface area contributed by atoms with Crippen LogP contribution in [0.15, 0.2) is 38.0 Å². The van der Waals surface area contributed by atoms with Gasteiger partial charge in [0.25, 0.3) is 0 Å². The van der Waals surface area contributed by atoms with Crippen LogP contribution in [0.4, 0.5) is 0 Å². The SMILES string of the molecule is Cl.Cl.Cl.c1ncncn1.c1ncncn1. The summed E-state index contributed by atoms with van der Waals surface area (Å²) in [4.78, 5) is 21.4. The molecule has 0 radical (unpaired) electrons. The van der Waals surface area contributed by atoms with Gasteiger partial charge in [-0.1, -0.05) is 0 Å². The highest BCUT2D eigenvalue weighted by molar-refractivity contribution is 5.86. The van der Waals surface area contributed by atoms with Crippen LogP contribution < -0.4 is 0 Å². The summed E-state index contributed by atoms with van der Waals surface area (Å²) in [5, 5.41) is 0. The highest BCUT2D eigenvalue weighted by Gasteiger charge is 1.60. The fourth-order valence-electron chi connectivity index (χ4n) is 0.410. The number of rotatable bonds is 0. The molecule has 6 nitrogen and oxygen atoms in total. The molecule has 0 aliphatic carbocycles. The number of aromatic nitrogens is 6. The Kier molecular flexibility index (Phi) is 19.9. The van der Waals surface area contributed by atoms with Crippen molar-refractivity contribution in [1.29, 1.82) is 0 Å². The molecule has 9 heteroatoms. The zero-order valence-electron chi connectivity index (χ0n) is 7.37. The summed E-state index contributed by atoms with van der Waals surface area (Å²) < 4.78 is 0. The third-order valence-corrected chi connectivity index (χ3v) is 0.800. The maximum atomic E-state index is 3.56. The van der Waals surface area contributed by atoms with Gasteiger partial charge in [-0.15, -0.1) is 37.2 Å². The van der Waals surface area contributed by atoms with E-state index in [1.165, 1.54) is 38.0 Å². The molecule has 0 spiro atoms. The minimum atomic E-state index is 0. The summed E-state index contributed by atoms with van der Waals surface area (Å²) in [6, 6.07) is 0. The molecule has 0 saturated heterocycles. The van der Waals surface area contributed by atoms with Gasteiger partial charge < -0.3 is 0 Å². The van der Waals surface area contributed by atoms with E-state index in [9.17, 15) is 0 Å². The lowest BCUT2D eigenvalue weighted by Gasteiger charge is -1.69. The smallest absolute Gasteiger partial charge is 0.119 e. The summed E-state index contributed by atoms with van der Waals surface area (Å²) >= 11 is 0. The molecule has 15 heavy (non-hydrogen) atoms. The lowest BCUT2D eigenvalue weighted by molar-refractivity contribution is 1.05. The molecule has 84 valence electrons. The van der Waals surface area contributed by atoms with Crippen LogP contribution in [-0.2, 0) is 0 Å². The van der Waals surface area contributed by atoms with Crippen molar-refractivity contribution in [2.75, 3.05) is 0 Å². The quantitative estimate of drug-likeness (QED) is 0.711. The molecule has 0 unspecified atom stereocenters. The maximum Gasteiger partial charge on any atom is 0.119 e. The van der Waals surface area contributed by atoms with E-state index in [0.29, 0.717) is 0 Å². The highest BCUT2D eigenvalue weighted by atomic mass is 35.5. The Morgan fingerprint density at radius 2 is 0.467 bits per heavy atom. The molecule has 0 atom stereocenters. The number of halogens is 3. The Morgan fingerprint density at radius 3 is 0.533 bits per heavy atom. The Hall–Kier alpha value is -1.11. The van der Waals surface area contributed by atoms with Gasteiger partial charge >= 0.3 is 0 Å². The first-order valence-electron chi connectivity index (χ1n) is 3.10. The molecule has 0 saturated carbocycles. The minimum Gasteiger partial charge on any atom is -0.225 e. The van der Waals surface area contributed by atoms with E-state index in [-0.39, 0.29) is 37.2 Å². The summed E-state index contributed by atoms with van der Waals surface area (Å²) in [7, 11) is 0. The fourth-order valence-corrected chi connectivity index (χ4v) is 0.410. The van der Waals surface area contributed by atoms with E-state index in [4.69, 9.17) is 0 Å². The molecule has 0 bridgehead atoms. The van der Waals surface area contributed by atoms with Gasteiger partial charge in [-0.25, -0.2) is 29.9 Å². The Labute approximate surface area is 105 Å². The second-order valence-corrected chi connectivity index (χ2v) is 1.59. The van der Waals surface area contributed by atoms with E-state index in [2.05, 4.69) is 29.9 Å². The van der Waals surface area contributed by atoms with Crippen molar-refractivity contribution in [2.45, 2.75) is 0 Å². The number of hydrogen-bond donors (Lipinski definition) is 0. The van der Waals surface area contributed by atoms with E-state index in [1.54, 1.807) is 0 Å². The van der Waals surface area contributed by atoms with Crippen molar-refractivity contribution in [3.63, 3.8) is 0 Å². The van der Waals surface area contributed by atoms with E-state index in [1.807, 2.05) is 0 Å². The predicted octanol–water partition coefficient (Wildman–Crippen LogP) is 1.01. The van der Waals surface area contributed by atoms with Gasteiger partial charge in [0.2, 0.25) is 0 Å². The maximum absolute atomic E-state index is 3.56. The summed E-state index contributed by atoms with van der Waals surface area (Å²) in [6.45, 7) is 0. The van der Waals surface area contributed by atoms with Crippen molar-refractivity contribution in [3.05, 3.63) is 38.0 Å². The van der Waals surface area contributed by atoms with Crippen LogP contribution in [0.25, 0.3) is 0 Å².